The molecule has 0 N–H and O–H groups in total. The normalized spacial score (nSPS) is 18.8. The average Bonchev–Trinajstić information content (AvgIpc) is 2.76. The van der Waals surface area contributed by atoms with Crippen LogP contribution in [0.25, 0.3) is 5.57 Å². The summed E-state index contributed by atoms with van der Waals surface area (Å²) in [4.78, 5) is 0.363. The molecule has 2 atom stereocenters. The molecule has 0 radical (unpaired) electrons. The van der Waals surface area contributed by atoms with Gasteiger partial charge in [0.15, 0.2) is 0 Å². The van der Waals surface area contributed by atoms with E-state index in [1.807, 2.05) is 87.5 Å². The largest absolute Gasteiger partial charge is 0.496 e. The molecule has 0 aliphatic carbocycles. The Hall–Kier alpha value is -2.89. The minimum absolute atomic E-state index is 0.229. The van der Waals surface area contributed by atoms with E-state index in [4.69, 9.17) is 4.74 Å². The molecule has 5 heteroatoms. The first-order chi connectivity index (χ1) is 15.3. The molecule has 0 unspecified atom stereocenters. The fourth-order valence-corrected chi connectivity index (χ4v) is 6.98. The molecule has 166 valence electrons. The summed E-state index contributed by atoms with van der Waals surface area (Å²) in [5.41, 5.74) is 5.03. The molecule has 3 aromatic rings. The number of methoxy groups -OCH3 is 1. The highest BCUT2D eigenvalue weighted by Crippen LogP contribution is 2.48. The third-order valence-corrected chi connectivity index (χ3v) is 8.73. The fourth-order valence-electron chi connectivity index (χ4n) is 4.67. The fraction of sp³-hybridized carbons (Fsp3) is 0.259. The second-order valence-corrected chi connectivity index (χ2v) is 10.2. The Morgan fingerprint density at radius 2 is 1.56 bits per heavy atom. The minimum Gasteiger partial charge on any atom is -0.496 e. The van der Waals surface area contributed by atoms with Gasteiger partial charge in [0, 0.05) is 0 Å². The number of benzene rings is 3. The lowest BCUT2D eigenvalue weighted by molar-refractivity contribution is 0.153. The first kappa shape index (κ1) is 22.3. The summed E-state index contributed by atoms with van der Waals surface area (Å²) < 4.78 is 35.5. The van der Waals surface area contributed by atoms with Crippen LogP contribution in [-0.2, 0) is 10.0 Å². The lowest BCUT2D eigenvalue weighted by Crippen LogP contribution is -2.53. The first-order valence-corrected chi connectivity index (χ1v) is 12.2. The number of hydrogen-bond acceptors (Lipinski definition) is 3. The molecule has 1 heterocycles. The van der Waals surface area contributed by atoms with Crippen molar-refractivity contribution in [3.8, 4) is 5.75 Å². The van der Waals surface area contributed by atoms with Crippen molar-refractivity contribution < 1.29 is 13.2 Å². The molecule has 4 nitrogen and oxygen atoms in total. The zero-order valence-electron chi connectivity index (χ0n) is 19.0. The minimum atomic E-state index is -3.79. The summed E-state index contributed by atoms with van der Waals surface area (Å²) >= 11 is 0. The van der Waals surface area contributed by atoms with Crippen LogP contribution in [0.1, 0.15) is 40.3 Å². The van der Waals surface area contributed by atoms with Gasteiger partial charge in [-0.05, 0) is 66.6 Å². The first-order valence-electron chi connectivity index (χ1n) is 10.7. The maximum atomic E-state index is 14.2. The van der Waals surface area contributed by atoms with Gasteiger partial charge in [0.05, 0.1) is 24.1 Å². The molecule has 3 aromatic carbocycles. The van der Waals surface area contributed by atoms with Crippen molar-refractivity contribution in [1.82, 2.24) is 4.31 Å². The van der Waals surface area contributed by atoms with E-state index in [1.54, 1.807) is 11.4 Å². The number of rotatable bonds is 6. The Morgan fingerprint density at radius 3 is 2.16 bits per heavy atom. The maximum absolute atomic E-state index is 14.2. The van der Waals surface area contributed by atoms with Gasteiger partial charge in [0.1, 0.15) is 5.75 Å². The third kappa shape index (κ3) is 3.65. The number of sulfonamides is 1. The maximum Gasteiger partial charge on any atom is 0.244 e. The number of nitrogens with zero attached hydrogens (tertiary/aromatic N) is 1. The lowest BCUT2D eigenvalue weighted by Gasteiger charge is -2.48. The summed E-state index contributed by atoms with van der Waals surface area (Å²) in [5.74, 6) is 0.701. The Balaban J connectivity index is 1.83. The van der Waals surface area contributed by atoms with Gasteiger partial charge in [-0.2, -0.15) is 4.31 Å². The van der Waals surface area contributed by atoms with Gasteiger partial charge in [-0.15, -0.1) is 0 Å². The van der Waals surface area contributed by atoms with E-state index in [2.05, 4.69) is 6.58 Å². The van der Waals surface area contributed by atoms with Gasteiger partial charge < -0.3 is 4.74 Å². The van der Waals surface area contributed by atoms with Gasteiger partial charge in [0.25, 0.3) is 0 Å². The van der Waals surface area contributed by atoms with Crippen LogP contribution in [0, 0.1) is 20.8 Å². The van der Waals surface area contributed by atoms with E-state index in [0.717, 1.165) is 27.8 Å². The quantitative estimate of drug-likeness (QED) is 0.477. The van der Waals surface area contributed by atoms with E-state index in [9.17, 15) is 8.42 Å². The second kappa shape index (κ2) is 8.57. The molecule has 0 spiro atoms. The van der Waals surface area contributed by atoms with Crippen molar-refractivity contribution >= 4 is 15.6 Å². The summed E-state index contributed by atoms with van der Waals surface area (Å²) in [6.45, 7) is 9.89. The van der Waals surface area contributed by atoms with Gasteiger partial charge in [0.2, 0.25) is 10.0 Å². The molecule has 1 fully saturated rings. The lowest BCUT2D eigenvalue weighted by atomic mass is 9.84. The van der Waals surface area contributed by atoms with Crippen molar-refractivity contribution in [2.75, 3.05) is 7.11 Å². The Labute approximate surface area is 191 Å². The van der Waals surface area contributed by atoms with Crippen LogP contribution < -0.4 is 4.74 Å². The van der Waals surface area contributed by atoms with Crippen LogP contribution in [-0.4, -0.2) is 25.9 Å². The molecule has 0 bridgehead atoms. The van der Waals surface area contributed by atoms with E-state index >= 15 is 0 Å². The summed E-state index contributed by atoms with van der Waals surface area (Å²) in [5, 5.41) is 0. The molecule has 1 aliphatic rings. The van der Waals surface area contributed by atoms with Crippen molar-refractivity contribution in [1.29, 1.82) is 0 Å². The van der Waals surface area contributed by atoms with Crippen LogP contribution >= 0.6 is 0 Å². The predicted molar refractivity (Wildman–Crippen MR) is 129 cm³/mol. The van der Waals surface area contributed by atoms with Gasteiger partial charge in [-0.1, -0.05) is 67.2 Å². The van der Waals surface area contributed by atoms with E-state index in [0.29, 0.717) is 22.6 Å². The van der Waals surface area contributed by atoms with Crippen LogP contribution in [0.3, 0.4) is 0 Å². The monoisotopic (exact) mass is 447 g/mol. The molecular formula is C27H29NO3S. The third-order valence-electron chi connectivity index (χ3n) is 6.53. The molecular weight excluding hydrogens is 418 g/mol. The zero-order chi connectivity index (χ0) is 23.0. The summed E-state index contributed by atoms with van der Waals surface area (Å²) in [7, 11) is -2.19. The predicted octanol–water partition coefficient (Wildman–Crippen LogP) is 5.84. The Kier molecular flexibility index (Phi) is 5.97. The van der Waals surface area contributed by atoms with Crippen LogP contribution in [0.15, 0.2) is 78.2 Å². The van der Waals surface area contributed by atoms with Gasteiger partial charge in [-0.3, -0.25) is 0 Å². The summed E-state index contributed by atoms with van der Waals surface area (Å²) in [6, 6.07) is 20.9. The van der Waals surface area contributed by atoms with Crippen LogP contribution in [0.4, 0.5) is 0 Å². The van der Waals surface area contributed by atoms with Crippen molar-refractivity contribution in [2.24, 2.45) is 0 Å². The van der Waals surface area contributed by atoms with Crippen LogP contribution in [0.5, 0.6) is 5.75 Å². The Bertz CT molecular complexity index is 1250. The van der Waals surface area contributed by atoms with E-state index in [-0.39, 0.29) is 12.1 Å². The SMILES string of the molecule is C=C(c1ccccc1)[C@@H]1C[C@H](c2ccccc2)N1S(=O)(=O)c1c(C)cc(OC)c(C)c1C. The van der Waals surface area contributed by atoms with Crippen LogP contribution in [0.2, 0.25) is 0 Å². The standard InChI is InChI=1S/C27H29NO3S/c1-18-16-26(31-5)19(2)20(3)27(18)32(29,30)28-24(21(4)22-12-8-6-9-13-22)17-25(28)23-14-10-7-11-15-23/h6-16,24-25H,4,17H2,1-3,5H3/t24-,25+/m0/s1. The number of hydrogen-bond donors (Lipinski definition) is 0. The van der Waals surface area contributed by atoms with Gasteiger partial charge >= 0.3 is 0 Å². The topological polar surface area (TPSA) is 46.6 Å². The van der Waals surface area contributed by atoms with Crippen molar-refractivity contribution in [2.45, 2.75) is 44.2 Å². The second-order valence-electron chi connectivity index (χ2n) is 8.38. The highest BCUT2D eigenvalue weighted by Gasteiger charge is 2.49. The van der Waals surface area contributed by atoms with Gasteiger partial charge in [-0.25, -0.2) is 8.42 Å². The summed E-state index contributed by atoms with van der Waals surface area (Å²) in [6.07, 6.45) is 0.699. The highest BCUT2D eigenvalue weighted by atomic mass is 32.2. The number of aryl methyl sites for hydroxylation is 1. The molecule has 4 rings (SSSR count). The van der Waals surface area contributed by atoms with E-state index in [1.165, 1.54) is 0 Å². The zero-order valence-corrected chi connectivity index (χ0v) is 19.8. The van der Waals surface area contributed by atoms with E-state index < -0.39 is 10.0 Å². The van der Waals surface area contributed by atoms with Crippen molar-refractivity contribution in [3.63, 3.8) is 0 Å². The molecule has 0 amide bonds. The molecule has 0 saturated carbocycles. The average molecular weight is 448 g/mol. The Morgan fingerprint density at radius 1 is 0.969 bits per heavy atom. The molecule has 32 heavy (non-hydrogen) atoms. The molecule has 0 aromatic heterocycles. The molecule has 1 saturated heterocycles. The molecule has 1 aliphatic heterocycles. The highest BCUT2D eigenvalue weighted by molar-refractivity contribution is 7.89. The van der Waals surface area contributed by atoms with Crippen molar-refractivity contribution in [3.05, 3.63) is 101 Å². The number of ether oxygens (including phenoxy) is 1. The smallest absolute Gasteiger partial charge is 0.244 e.